The number of anilines is 1. The monoisotopic (exact) mass is 446 g/mol. The number of halogens is 2. The molecule has 1 aliphatic heterocycles. The predicted octanol–water partition coefficient (Wildman–Crippen LogP) is 3.76. The van der Waals surface area contributed by atoms with Gasteiger partial charge < -0.3 is 4.90 Å². The van der Waals surface area contributed by atoms with Crippen molar-refractivity contribution in [3.63, 3.8) is 0 Å². The molecule has 156 valence electrons. The standard InChI is InChI=1S/C21H20ClFN4O2S/c1-15-2-5-17(22)12-20(15)30(28,29)27-10-8-26(9-11-27)21-13-19(24-14-25-21)16-3-6-18(23)7-4-16/h2-7,12-14H,8-11H2,1H3. The molecule has 6 nitrogen and oxygen atoms in total. The van der Waals surface area contributed by atoms with Crippen molar-refractivity contribution >= 4 is 27.4 Å². The molecular weight excluding hydrogens is 427 g/mol. The van der Waals surface area contributed by atoms with E-state index in [1.54, 1.807) is 31.2 Å². The smallest absolute Gasteiger partial charge is 0.243 e. The van der Waals surface area contributed by atoms with Crippen molar-refractivity contribution in [3.8, 4) is 11.3 Å². The summed E-state index contributed by atoms with van der Waals surface area (Å²) in [6, 6.07) is 12.8. The van der Waals surface area contributed by atoms with Gasteiger partial charge in [-0.2, -0.15) is 4.31 Å². The molecule has 0 spiro atoms. The zero-order valence-corrected chi connectivity index (χ0v) is 17.9. The molecule has 0 unspecified atom stereocenters. The topological polar surface area (TPSA) is 66.4 Å². The highest BCUT2D eigenvalue weighted by molar-refractivity contribution is 7.89. The third kappa shape index (κ3) is 4.16. The number of hydrogen-bond donors (Lipinski definition) is 0. The van der Waals surface area contributed by atoms with Gasteiger partial charge in [-0.25, -0.2) is 22.8 Å². The van der Waals surface area contributed by atoms with Gasteiger partial charge >= 0.3 is 0 Å². The number of aromatic nitrogens is 2. The van der Waals surface area contributed by atoms with Gasteiger partial charge in [-0.3, -0.25) is 0 Å². The van der Waals surface area contributed by atoms with E-state index in [4.69, 9.17) is 11.6 Å². The van der Waals surface area contributed by atoms with Gasteiger partial charge in [0.1, 0.15) is 18.0 Å². The van der Waals surface area contributed by atoms with Crippen molar-refractivity contribution in [2.75, 3.05) is 31.1 Å². The first-order valence-corrected chi connectivity index (χ1v) is 11.3. The summed E-state index contributed by atoms with van der Waals surface area (Å²) in [5.41, 5.74) is 2.14. The van der Waals surface area contributed by atoms with Crippen LogP contribution in [0, 0.1) is 12.7 Å². The second-order valence-corrected chi connectivity index (χ2v) is 9.41. The summed E-state index contributed by atoms with van der Waals surface area (Å²) in [7, 11) is -3.62. The molecule has 0 atom stereocenters. The molecule has 3 aromatic rings. The first-order chi connectivity index (χ1) is 14.3. The van der Waals surface area contributed by atoms with Gasteiger partial charge in [-0.15, -0.1) is 0 Å². The molecule has 1 fully saturated rings. The van der Waals surface area contributed by atoms with Crippen LogP contribution in [0.15, 0.2) is 59.8 Å². The molecule has 9 heteroatoms. The van der Waals surface area contributed by atoms with Crippen molar-refractivity contribution in [1.82, 2.24) is 14.3 Å². The Kier molecular flexibility index (Phi) is 5.73. The third-order valence-corrected chi connectivity index (χ3v) is 7.40. The molecular formula is C21H20ClFN4O2S. The molecule has 0 aliphatic carbocycles. The Bertz CT molecular complexity index is 1160. The first-order valence-electron chi connectivity index (χ1n) is 9.44. The SMILES string of the molecule is Cc1ccc(Cl)cc1S(=O)(=O)N1CCN(c2cc(-c3ccc(F)cc3)ncn2)CC1. The lowest BCUT2D eigenvalue weighted by Gasteiger charge is -2.35. The van der Waals surface area contributed by atoms with E-state index in [1.807, 2.05) is 11.0 Å². The van der Waals surface area contributed by atoms with Crippen LogP contribution in [0.4, 0.5) is 10.2 Å². The average molecular weight is 447 g/mol. The highest BCUT2D eigenvalue weighted by atomic mass is 35.5. The van der Waals surface area contributed by atoms with Crippen molar-refractivity contribution in [2.24, 2.45) is 0 Å². The highest BCUT2D eigenvalue weighted by Crippen LogP contribution is 2.26. The summed E-state index contributed by atoms with van der Waals surface area (Å²) in [6.07, 6.45) is 1.46. The summed E-state index contributed by atoms with van der Waals surface area (Å²) in [5.74, 6) is 0.403. The number of piperazine rings is 1. The second-order valence-electron chi connectivity index (χ2n) is 7.07. The minimum Gasteiger partial charge on any atom is -0.354 e. The van der Waals surface area contributed by atoms with Crippen molar-refractivity contribution < 1.29 is 12.8 Å². The summed E-state index contributed by atoms with van der Waals surface area (Å²) >= 11 is 6.01. The van der Waals surface area contributed by atoms with E-state index in [0.717, 1.165) is 5.56 Å². The lowest BCUT2D eigenvalue weighted by atomic mass is 10.1. The number of hydrogen-bond acceptors (Lipinski definition) is 5. The second kappa shape index (κ2) is 8.29. The van der Waals surface area contributed by atoms with Crippen molar-refractivity contribution in [3.05, 3.63) is 71.3 Å². The molecule has 0 saturated carbocycles. The van der Waals surface area contributed by atoms with Crippen LogP contribution in [0.25, 0.3) is 11.3 Å². The number of aryl methyl sites for hydroxylation is 1. The largest absolute Gasteiger partial charge is 0.354 e. The molecule has 1 aliphatic rings. The summed E-state index contributed by atoms with van der Waals surface area (Å²) < 4.78 is 40.8. The molecule has 1 aromatic heterocycles. The van der Waals surface area contributed by atoms with Gasteiger partial charge in [-0.1, -0.05) is 17.7 Å². The fourth-order valence-corrected chi connectivity index (χ4v) is 5.36. The van der Waals surface area contributed by atoms with Gasteiger partial charge in [0.15, 0.2) is 0 Å². The van der Waals surface area contributed by atoms with Crippen LogP contribution < -0.4 is 4.90 Å². The molecule has 0 amide bonds. The van der Waals surface area contributed by atoms with Gasteiger partial charge in [0.25, 0.3) is 0 Å². The van der Waals surface area contributed by atoms with E-state index in [0.29, 0.717) is 48.3 Å². The Balaban J connectivity index is 1.50. The number of rotatable bonds is 4. The van der Waals surface area contributed by atoms with Crippen LogP contribution in [0.2, 0.25) is 5.02 Å². The van der Waals surface area contributed by atoms with Gasteiger partial charge in [0.05, 0.1) is 10.6 Å². The van der Waals surface area contributed by atoms with Gasteiger partial charge in [-0.05, 0) is 48.9 Å². The van der Waals surface area contributed by atoms with Crippen molar-refractivity contribution in [1.29, 1.82) is 0 Å². The molecule has 2 aromatic carbocycles. The van der Waals surface area contributed by atoms with Crippen LogP contribution >= 0.6 is 11.6 Å². The van der Waals surface area contributed by atoms with E-state index in [2.05, 4.69) is 9.97 Å². The van der Waals surface area contributed by atoms with Gasteiger partial charge in [0, 0.05) is 42.8 Å². The lowest BCUT2D eigenvalue weighted by molar-refractivity contribution is 0.383. The lowest BCUT2D eigenvalue weighted by Crippen LogP contribution is -2.49. The number of sulfonamides is 1. The Morgan fingerprint density at radius 1 is 0.967 bits per heavy atom. The summed E-state index contributed by atoms with van der Waals surface area (Å²) in [6.45, 7) is 3.43. The fourth-order valence-electron chi connectivity index (χ4n) is 3.45. The van der Waals surface area contributed by atoms with Crippen molar-refractivity contribution in [2.45, 2.75) is 11.8 Å². The highest BCUT2D eigenvalue weighted by Gasteiger charge is 2.30. The number of benzene rings is 2. The first kappa shape index (κ1) is 20.7. The van der Waals surface area contributed by atoms with E-state index in [1.165, 1.54) is 28.8 Å². The van der Waals surface area contributed by atoms with E-state index in [9.17, 15) is 12.8 Å². The Hall–Kier alpha value is -2.55. The quantitative estimate of drug-likeness (QED) is 0.610. The molecule has 0 bridgehead atoms. The maximum absolute atomic E-state index is 13.2. The zero-order valence-electron chi connectivity index (χ0n) is 16.3. The Morgan fingerprint density at radius 2 is 1.67 bits per heavy atom. The molecule has 4 rings (SSSR count). The molecule has 1 saturated heterocycles. The maximum Gasteiger partial charge on any atom is 0.243 e. The fraction of sp³-hybridized carbons (Fsp3) is 0.238. The molecule has 0 radical (unpaired) electrons. The normalized spacial score (nSPS) is 15.4. The minimum atomic E-state index is -3.62. The van der Waals surface area contributed by atoms with Crippen LogP contribution in [0.5, 0.6) is 0 Å². The van der Waals surface area contributed by atoms with Crippen LogP contribution in [-0.4, -0.2) is 48.9 Å². The Labute approximate surface area is 180 Å². The van der Waals surface area contributed by atoms with E-state index in [-0.39, 0.29) is 10.7 Å². The van der Waals surface area contributed by atoms with Gasteiger partial charge in [0.2, 0.25) is 10.0 Å². The molecule has 30 heavy (non-hydrogen) atoms. The third-order valence-electron chi connectivity index (χ3n) is 5.12. The summed E-state index contributed by atoms with van der Waals surface area (Å²) in [4.78, 5) is 10.9. The summed E-state index contributed by atoms with van der Waals surface area (Å²) in [5, 5.41) is 0.395. The zero-order chi connectivity index (χ0) is 21.3. The molecule has 2 heterocycles. The predicted molar refractivity (Wildman–Crippen MR) is 115 cm³/mol. The minimum absolute atomic E-state index is 0.240. The molecule has 0 N–H and O–H groups in total. The van der Waals surface area contributed by atoms with Crippen LogP contribution in [0.3, 0.4) is 0 Å². The van der Waals surface area contributed by atoms with E-state index >= 15 is 0 Å². The van der Waals surface area contributed by atoms with Crippen LogP contribution in [0.1, 0.15) is 5.56 Å². The van der Waals surface area contributed by atoms with E-state index < -0.39 is 10.0 Å². The maximum atomic E-state index is 13.2. The average Bonchev–Trinajstić information content (AvgIpc) is 2.76. The van der Waals surface area contributed by atoms with Crippen LogP contribution in [-0.2, 0) is 10.0 Å². The number of nitrogens with zero attached hydrogens (tertiary/aromatic N) is 4. The Morgan fingerprint density at radius 3 is 2.37 bits per heavy atom.